The predicted molar refractivity (Wildman–Crippen MR) is 108 cm³/mol. The van der Waals surface area contributed by atoms with Gasteiger partial charge in [0.05, 0.1) is 0 Å². The Hall–Kier alpha value is -2.46. The molecule has 2 aliphatic heterocycles. The van der Waals surface area contributed by atoms with E-state index in [0.717, 1.165) is 23.4 Å². The Balaban J connectivity index is 1.53. The largest absolute Gasteiger partial charge is 0.360 e. The molecule has 2 aromatic carbocycles. The van der Waals surface area contributed by atoms with Crippen LogP contribution in [0.3, 0.4) is 0 Å². The molecular weight excluding hydrogens is 351 g/mol. The van der Waals surface area contributed by atoms with Crippen LogP contribution in [0.25, 0.3) is 11.3 Å². The van der Waals surface area contributed by atoms with Gasteiger partial charge in [0.2, 0.25) is 0 Å². The van der Waals surface area contributed by atoms with Crippen LogP contribution in [-0.4, -0.2) is 29.2 Å². The minimum absolute atomic E-state index is 0.238. The fraction of sp³-hybridized carbons (Fsp3) is 0.375. The van der Waals surface area contributed by atoms with Gasteiger partial charge < -0.3 is 4.52 Å². The van der Waals surface area contributed by atoms with E-state index in [2.05, 4.69) is 54.4 Å². The summed E-state index contributed by atoms with van der Waals surface area (Å²) in [6.45, 7) is 2.13. The first-order valence-electron chi connectivity index (χ1n) is 10.1. The Kier molecular flexibility index (Phi) is 4.31. The summed E-state index contributed by atoms with van der Waals surface area (Å²) in [5.41, 5.74) is 4.34. The molecule has 28 heavy (non-hydrogen) atoms. The molecule has 0 saturated carbocycles. The Labute approximate surface area is 165 Å². The van der Waals surface area contributed by atoms with Crippen LogP contribution in [0.5, 0.6) is 0 Å². The van der Waals surface area contributed by atoms with Gasteiger partial charge in [0.1, 0.15) is 17.3 Å². The molecule has 4 atom stereocenters. The van der Waals surface area contributed by atoms with Gasteiger partial charge in [-0.2, -0.15) is 0 Å². The fourth-order valence-corrected chi connectivity index (χ4v) is 5.21. The highest BCUT2D eigenvalue weighted by atomic mass is 19.1. The van der Waals surface area contributed by atoms with Crippen LogP contribution in [0.2, 0.25) is 0 Å². The number of hydrogen-bond acceptors (Lipinski definition) is 3. The van der Waals surface area contributed by atoms with Gasteiger partial charge in [-0.25, -0.2) is 4.39 Å². The number of piperidine rings is 1. The molecule has 2 saturated heterocycles. The molecular formula is C24H25FN2O. The summed E-state index contributed by atoms with van der Waals surface area (Å²) in [4.78, 5) is 2.54. The maximum atomic E-state index is 13.3. The van der Waals surface area contributed by atoms with E-state index >= 15 is 0 Å². The zero-order valence-electron chi connectivity index (χ0n) is 16.3. The zero-order chi connectivity index (χ0) is 19.3. The van der Waals surface area contributed by atoms with Crippen LogP contribution in [0, 0.1) is 12.7 Å². The topological polar surface area (TPSA) is 29.3 Å². The second kappa shape index (κ2) is 6.85. The molecule has 4 heteroatoms. The normalized spacial score (nSPS) is 27.2. The second-order valence-electron chi connectivity index (χ2n) is 8.36. The average Bonchev–Trinajstić information content (AvgIpc) is 3.26. The van der Waals surface area contributed by atoms with Crippen molar-refractivity contribution in [2.45, 2.75) is 50.1 Å². The minimum atomic E-state index is -0.238. The molecule has 5 rings (SSSR count). The molecule has 0 N–H and O–H groups in total. The standard InChI is InChI=1S/C24H25FN2O/c1-15-3-5-16(6-4-15)20-13-19-11-12-22(27(19)2)24(20)23-14-21(26-28-23)17-7-9-18(25)10-8-17/h3-10,14,19-20,22,24H,11-13H2,1-2H3. The summed E-state index contributed by atoms with van der Waals surface area (Å²) < 4.78 is 19.2. The molecule has 0 amide bonds. The first-order valence-corrected chi connectivity index (χ1v) is 10.1. The summed E-state index contributed by atoms with van der Waals surface area (Å²) in [7, 11) is 2.25. The lowest BCUT2D eigenvalue weighted by atomic mass is 9.74. The van der Waals surface area contributed by atoms with Crippen molar-refractivity contribution in [3.63, 3.8) is 0 Å². The Morgan fingerprint density at radius 1 is 1.04 bits per heavy atom. The molecule has 2 aliphatic rings. The summed E-state index contributed by atoms with van der Waals surface area (Å²) in [5.74, 6) is 1.43. The quantitative estimate of drug-likeness (QED) is 0.602. The fourth-order valence-electron chi connectivity index (χ4n) is 5.21. The van der Waals surface area contributed by atoms with E-state index in [-0.39, 0.29) is 11.7 Å². The third kappa shape index (κ3) is 2.96. The highest BCUT2D eigenvalue weighted by Crippen LogP contribution is 2.51. The molecule has 144 valence electrons. The van der Waals surface area contributed by atoms with E-state index in [9.17, 15) is 4.39 Å². The number of aryl methyl sites for hydroxylation is 1. The van der Waals surface area contributed by atoms with Crippen LogP contribution in [0.15, 0.2) is 59.1 Å². The number of hydrogen-bond donors (Lipinski definition) is 0. The molecule has 2 fully saturated rings. The highest BCUT2D eigenvalue weighted by molar-refractivity contribution is 5.59. The van der Waals surface area contributed by atoms with E-state index in [4.69, 9.17) is 4.52 Å². The molecule has 0 radical (unpaired) electrons. The predicted octanol–water partition coefficient (Wildman–Crippen LogP) is 5.52. The van der Waals surface area contributed by atoms with Gasteiger partial charge >= 0.3 is 0 Å². The number of fused-ring (bicyclic) bond motifs is 2. The van der Waals surface area contributed by atoms with Crippen molar-refractivity contribution < 1.29 is 8.91 Å². The van der Waals surface area contributed by atoms with Gasteiger partial charge in [0, 0.05) is 29.6 Å². The third-order valence-corrected chi connectivity index (χ3v) is 6.77. The van der Waals surface area contributed by atoms with Crippen LogP contribution < -0.4 is 0 Å². The van der Waals surface area contributed by atoms with Crippen molar-refractivity contribution in [2.75, 3.05) is 7.05 Å². The first kappa shape index (κ1) is 17.6. The van der Waals surface area contributed by atoms with Gasteiger partial charge in [-0.15, -0.1) is 0 Å². The van der Waals surface area contributed by atoms with Crippen molar-refractivity contribution >= 4 is 0 Å². The molecule has 4 unspecified atom stereocenters. The van der Waals surface area contributed by atoms with Crippen molar-refractivity contribution in [3.8, 4) is 11.3 Å². The summed E-state index contributed by atoms with van der Waals surface area (Å²) in [5, 5.41) is 4.32. The van der Waals surface area contributed by atoms with Gasteiger partial charge in [-0.05, 0) is 69.0 Å². The monoisotopic (exact) mass is 376 g/mol. The number of halogens is 1. The summed E-state index contributed by atoms with van der Waals surface area (Å²) in [6.07, 6.45) is 3.59. The molecule has 1 aromatic heterocycles. The van der Waals surface area contributed by atoms with E-state index in [1.807, 2.05) is 0 Å². The molecule has 3 aromatic rings. The Morgan fingerprint density at radius 2 is 1.79 bits per heavy atom. The molecule has 0 aliphatic carbocycles. The van der Waals surface area contributed by atoms with Crippen molar-refractivity contribution in [3.05, 3.63) is 77.3 Å². The lowest BCUT2D eigenvalue weighted by Crippen LogP contribution is -2.44. The van der Waals surface area contributed by atoms with Crippen molar-refractivity contribution in [1.29, 1.82) is 0 Å². The van der Waals surface area contributed by atoms with Crippen LogP contribution >= 0.6 is 0 Å². The van der Waals surface area contributed by atoms with Gasteiger partial charge in [-0.3, -0.25) is 4.90 Å². The van der Waals surface area contributed by atoms with Gasteiger partial charge in [0.25, 0.3) is 0 Å². The van der Waals surface area contributed by atoms with E-state index in [1.165, 1.54) is 36.1 Å². The lowest BCUT2D eigenvalue weighted by Gasteiger charge is -2.42. The number of rotatable bonds is 3. The van der Waals surface area contributed by atoms with Gasteiger partial charge in [-0.1, -0.05) is 35.0 Å². The SMILES string of the molecule is Cc1ccc(C2CC3CCC(C2c2cc(-c4ccc(F)cc4)no2)N3C)cc1. The number of nitrogens with zero attached hydrogens (tertiary/aromatic N) is 2. The van der Waals surface area contributed by atoms with Crippen molar-refractivity contribution in [1.82, 2.24) is 10.1 Å². The number of benzene rings is 2. The van der Waals surface area contributed by atoms with E-state index in [1.54, 1.807) is 12.1 Å². The average molecular weight is 376 g/mol. The number of aromatic nitrogens is 1. The molecule has 2 bridgehead atoms. The first-order chi connectivity index (χ1) is 13.6. The summed E-state index contributed by atoms with van der Waals surface area (Å²) in [6, 6.07) is 18.6. The zero-order valence-corrected chi connectivity index (χ0v) is 16.3. The lowest BCUT2D eigenvalue weighted by molar-refractivity contribution is 0.122. The van der Waals surface area contributed by atoms with Crippen LogP contribution in [0.4, 0.5) is 4.39 Å². The number of likely N-dealkylation sites (N-methyl/N-ethyl adjacent to an activating group) is 1. The molecule has 0 spiro atoms. The second-order valence-corrected chi connectivity index (χ2v) is 8.36. The highest BCUT2D eigenvalue weighted by Gasteiger charge is 2.48. The molecule has 3 nitrogen and oxygen atoms in total. The Morgan fingerprint density at radius 3 is 2.54 bits per heavy atom. The third-order valence-electron chi connectivity index (χ3n) is 6.77. The van der Waals surface area contributed by atoms with Crippen LogP contribution in [0.1, 0.15) is 48.0 Å². The summed E-state index contributed by atoms with van der Waals surface area (Å²) >= 11 is 0. The minimum Gasteiger partial charge on any atom is -0.360 e. The van der Waals surface area contributed by atoms with Crippen molar-refractivity contribution in [2.24, 2.45) is 0 Å². The Bertz CT molecular complexity index is 963. The van der Waals surface area contributed by atoms with E-state index < -0.39 is 0 Å². The maximum absolute atomic E-state index is 13.3. The van der Waals surface area contributed by atoms with Crippen LogP contribution in [-0.2, 0) is 0 Å². The molecule has 3 heterocycles. The maximum Gasteiger partial charge on any atom is 0.142 e. The smallest absolute Gasteiger partial charge is 0.142 e. The van der Waals surface area contributed by atoms with E-state index in [0.29, 0.717) is 18.0 Å². The van der Waals surface area contributed by atoms with Gasteiger partial charge in [0.15, 0.2) is 0 Å².